The van der Waals surface area contributed by atoms with Crippen LogP contribution in [0.3, 0.4) is 0 Å². The van der Waals surface area contributed by atoms with Crippen molar-refractivity contribution in [3.05, 3.63) is 23.4 Å². The second-order valence-corrected chi connectivity index (χ2v) is 5.03. The molecule has 0 spiro atoms. The molecule has 0 radical (unpaired) electrons. The summed E-state index contributed by atoms with van der Waals surface area (Å²) in [6, 6.07) is 1.88. The topological polar surface area (TPSA) is 59.4 Å². The lowest BCUT2D eigenvalue weighted by Crippen LogP contribution is -2.43. The van der Waals surface area contributed by atoms with Crippen molar-refractivity contribution in [3.8, 4) is 5.88 Å². The highest BCUT2D eigenvalue weighted by molar-refractivity contribution is 5.75. The average molecular weight is 249 g/mol. The Morgan fingerprint density at radius 1 is 1.56 bits per heavy atom. The SMILES string of the molecule is CCc1cnc(OCC2(C(=O)O)CCC2)cc1C. The zero-order chi connectivity index (χ0) is 13.2. The third kappa shape index (κ3) is 2.33. The van der Waals surface area contributed by atoms with Crippen LogP contribution >= 0.6 is 0 Å². The Morgan fingerprint density at radius 2 is 2.28 bits per heavy atom. The Kier molecular flexibility index (Phi) is 3.55. The summed E-state index contributed by atoms with van der Waals surface area (Å²) in [5.41, 5.74) is 1.65. The molecule has 0 bridgehead atoms. The van der Waals surface area contributed by atoms with Crippen LogP contribution in [0, 0.1) is 12.3 Å². The third-order valence-electron chi connectivity index (χ3n) is 3.84. The lowest BCUT2D eigenvalue weighted by Gasteiger charge is -2.36. The quantitative estimate of drug-likeness (QED) is 0.871. The van der Waals surface area contributed by atoms with Crippen molar-refractivity contribution < 1.29 is 14.6 Å². The normalized spacial score (nSPS) is 17.0. The Hall–Kier alpha value is -1.58. The van der Waals surface area contributed by atoms with Gasteiger partial charge in [-0.1, -0.05) is 13.3 Å². The van der Waals surface area contributed by atoms with Crippen molar-refractivity contribution in [3.63, 3.8) is 0 Å². The van der Waals surface area contributed by atoms with Gasteiger partial charge in [-0.05, 0) is 37.3 Å². The van der Waals surface area contributed by atoms with Crippen molar-refractivity contribution in [2.45, 2.75) is 39.5 Å². The first-order valence-electron chi connectivity index (χ1n) is 6.39. The summed E-state index contributed by atoms with van der Waals surface area (Å²) in [5.74, 6) is -0.229. The van der Waals surface area contributed by atoms with Crippen LogP contribution < -0.4 is 4.74 Å². The number of hydrogen-bond donors (Lipinski definition) is 1. The monoisotopic (exact) mass is 249 g/mol. The van der Waals surface area contributed by atoms with Gasteiger partial charge >= 0.3 is 5.97 Å². The lowest BCUT2D eigenvalue weighted by molar-refractivity contribution is -0.157. The fourth-order valence-electron chi connectivity index (χ4n) is 2.24. The maximum atomic E-state index is 11.2. The van der Waals surface area contributed by atoms with Crippen LogP contribution in [0.5, 0.6) is 5.88 Å². The molecule has 0 atom stereocenters. The van der Waals surface area contributed by atoms with E-state index in [4.69, 9.17) is 4.74 Å². The number of nitrogens with zero attached hydrogens (tertiary/aromatic N) is 1. The fourth-order valence-corrected chi connectivity index (χ4v) is 2.24. The van der Waals surface area contributed by atoms with Crippen molar-refractivity contribution in [2.75, 3.05) is 6.61 Å². The molecular weight excluding hydrogens is 230 g/mol. The molecule has 1 aliphatic rings. The van der Waals surface area contributed by atoms with Gasteiger partial charge in [-0.2, -0.15) is 0 Å². The van der Waals surface area contributed by atoms with Crippen LogP contribution in [-0.4, -0.2) is 22.7 Å². The molecule has 0 saturated heterocycles. The lowest BCUT2D eigenvalue weighted by atomic mass is 9.69. The summed E-state index contributed by atoms with van der Waals surface area (Å²) in [5, 5.41) is 9.20. The molecule has 98 valence electrons. The molecule has 4 heteroatoms. The molecule has 0 amide bonds. The van der Waals surface area contributed by atoms with Gasteiger partial charge in [-0.15, -0.1) is 0 Å². The molecule has 4 nitrogen and oxygen atoms in total. The number of carbonyl (C=O) groups is 1. The number of aryl methyl sites for hydroxylation is 2. The Bertz CT molecular complexity index is 452. The molecule has 0 aromatic carbocycles. The Labute approximate surface area is 107 Å². The smallest absolute Gasteiger partial charge is 0.313 e. The summed E-state index contributed by atoms with van der Waals surface area (Å²) in [6.07, 6.45) is 5.12. The number of pyridine rings is 1. The first-order valence-corrected chi connectivity index (χ1v) is 6.39. The maximum Gasteiger partial charge on any atom is 0.313 e. The van der Waals surface area contributed by atoms with Gasteiger partial charge in [0, 0.05) is 12.3 Å². The van der Waals surface area contributed by atoms with E-state index in [2.05, 4.69) is 11.9 Å². The van der Waals surface area contributed by atoms with Crippen molar-refractivity contribution in [1.29, 1.82) is 0 Å². The summed E-state index contributed by atoms with van der Waals surface area (Å²) >= 11 is 0. The fraction of sp³-hybridized carbons (Fsp3) is 0.571. The highest BCUT2D eigenvalue weighted by Gasteiger charge is 2.45. The predicted octanol–water partition coefficient (Wildman–Crippen LogP) is 2.59. The van der Waals surface area contributed by atoms with Gasteiger partial charge < -0.3 is 9.84 Å². The van der Waals surface area contributed by atoms with E-state index in [-0.39, 0.29) is 6.61 Å². The molecular formula is C14H19NO3. The van der Waals surface area contributed by atoms with Crippen molar-refractivity contribution in [2.24, 2.45) is 5.41 Å². The summed E-state index contributed by atoms with van der Waals surface area (Å²) in [7, 11) is 0. The highest BCUT2D eigenvalue weighted by Crippen LogP contribution is 2.41. The minimum atomic E-state index is -0.754. The second kappa shape index (κ2) is 4.96. The number of aliphatic carboxylic acids is 1. The second-order valence-electron chi connectivity index (χ2n) is 5.03. The van der Waals surface area contributed by atoms with Gasteiger partial charge in [0.2, 0.25) is 5.88 Å². The first-order chi connectivity index (χ1) is 8.57. The number of aromatic nitrogens is 1. The van der Waals surface area contributed by atoms with Crippen molar-refractivity contribution in [1.82, 2.24) is 4.98 Å². The van der Waals surface area contributed by atoms with Crippen LogP contribution in [0.4, 0.5) is 0 Å². The van der Waals surface area contributed by atoms with E-state index >= 15 is 0 Å². The van der Waals surface area contributed by atoms with Crippen molar-refractivity contribution >= 4 is 5.97 Å². The van der Waals surface area contributed by atoms with Gasteiger partial charge in [-0.25, -0.2) is 4.98 Å². The van der Waals surface area contributed by atoms with Gasteiger partial charge in [0.25, 0.3) is 0 Å². The van der Waals surface area contributed by atoms with Crippen LogP contribution in [0.15, 0.2) is 12.3 Å². The zero-order valence-electron chi connectivity index (χ0n) is 10.9. The third-order valence-corrected chi connectivity index (χ3v) is 3.84. The van der Waals surface area contributed by atoms with E-state index in [0.717, 1.165) is 18.4 Å². The average Bonchev–Trinajstić information content (AvgIpc) is 2.27. The first kappa shape index (κ1) is 12.9. The molecule has 18 heavy (non-hydrogen) atoms. The number of carboxylic acids is 1. The minimum absolute atomic E-state index is 0.222. The summed E-state index contributed by atoms with van der Waals surface area (Å²) in [6.45, 7) is 4.32. The van der Waals surface area contributed by atoms with Gasteiger partial charge in [0.1, 0.15) is 12.0 Å². The van der Waals surface area contributed by atoms with E-state index in [1.165, 1.54) is 5.56 Å². The number of ether oxygens (including phenoxy) is 1. The molecule has 1 aromatic rings. The van der Waals surface area contributed by atoms with Crippen LogP contribution in [0.1, 0.15) is 37.3 Å². The Balaban J connectivity index is 2.02. The van der Waals surface area contributed by atoms with E-state index < -0.39 is 11.4 Å². The van der Waals surface area contributed by atoms with Gasteiger partial charge in [0.15, 0.2) is 0 Å². The molecule has 2 rings (SSSR count). The van der Waals surface area contributed by atoms with E-state index in [1.54, 1.807) is 6.20 Å². The molecule has 1 saturated carbocycles. The molecule has 0 aliphatic heterocycles. The Morgan fingerprint density at radius 3 is 2.72 bits per heavy atom. The van der Waals surface area contributed by atoms with E-state index in [1.807, 2.05) is 13.0 Å². The minimum Gasteiger partial charge on any atom is -0.481 e. The summed E-state index contributed by atoms with van der Waals surface area (Å²) < 4.78 is 5.56. The number of carboxylic acid groups (broad SMARTS) is 1. The standard InChI is InChI=1S/C14H19NO3/c1-3-11-8-15-12(7-10(11)2)18-9-14(13(16)17)5-4-6-14/h7-8H,3-6,9H2,1-2H3,(H,16,17). The molecule has 1 aliphatic carbocycles. The highest BCUT2D eigenvalue weighted by atomic mass is 16.5. The van der Waals surface area contributed by atoms with E-state index in [9.17, 15) is 9.90 Å². The zero-order valence-corrected chi connectivity index (χ0v) is 10.9. The van der Waals surface area contributed by atoms with Gasteiger partial charge in [-0.3, -0.25) is 4.79 Å². The number of hydrogen-bond acceptors (Lipinski definition) is 3. The molecule has 1 fully saturated rings. The van der Waals surface area contributed by atoms with E-state index in [0.29, 0.717) is 18.7 Å². The van der Waals surface area contributed by atoms with Crippen LogP contribution in [0.25, 0.3) is 0 Å². The van der Waals surface area contributed by atoms with Gasteiger partial charge in [0.05, 0.1) is 0 Å². The molecule has 1 heterocycles. The molecule has 1 N–H and O–H groups in total. The maximum absolute atomic E-state index is 11.2. The van der Waals surface area contributed by atoms with Crippen LogP contribution in [-0.2, 0) is 11.2 Å². The molecule has 1 aromatic heterocycles. The largest absolute Gasteiger partial charge is 0.481 e. The molecule has 0 unspecified atom stereocenters. The van der Waals surface area contributed by atoms with Crippen LogP contribution in [0.2, 0.25) is 0 Å². The predicted molar refractivity (Wildman–Crippen MR) is 67.8 cm³/mol. The number of rotatable bonds is 5. The summed E-state index contributed by atoms with van der Waals surface area (Å²) in [4.78, 5) is 15.4.